The van der Waals surface area contributed by atoms with Crippen LogP contribution in [0, 0.1) is 0 Å². The molecule has 1 saturated carbocycles. The van der Waals surface area contributed by atoms with E-state index in [4.69, 9.17) is 4.74 Å². The molecular weight excluding hydrogens is 392 g/mol. The molecule has 1 fully saturated rings. The standard InChI is InChI=1S/C20H21F2N7O/c21-17(22)11-30-13-3-1-12(2-4-13)26-20-25-10-15-14(9-24-19(15)27-20)16-5-6-18-23-7-8-29(18)28-16/h5-10,12-13,17H,1-4,11H2,(H2,24,25,26,27). The third kappa shape index (κ3) is 3.82. The van der Waals surface area contributed by atoms with Gasteiger partial charge in [-0.3, -0.25) is 0 Å². The summed E-state index contributed by atoms with van der Waals surface area (Å²) >= 11 is 0. The number of hydrogen-bond acceptors (Lipinski definition) is 6. The number of alkyl halides is 2. The van der Waals surface area contributed by atoms with E-state index < -0.39 is 13.0 Å². The number of H-pyrrole nitrogens is 1. The monoisotopic (exact) mass is 413 g/mol. The van der Waals surface area contributed by atoms with Crippen LogP contribution in [0.2, 0.25) is 0 Å². The van der Waals surface area contributed by atoms with Crippen molar-refractivity contribution in [1.29, 1.82) is 0 Å². The normalized spacial score (nSPS) is 19.7. The molecular formula is C20H21F2N7O. The average Bonchev–Trinajstić information content (AvgIpc) is 3.39. The van der Waals surface area contributed by atoms with Crippen molar-refractivity contribution in [1.82, 2.24) is 29.5 Å². The number of rotatable bonds is 6. The highest BCUT2D eigenvalue weighted by atomic mass is 19.3. The van der Waals surface area contributed by atoms with E-state index in [0.717, 1.165) is 53.6 Å². The van der Waals surface area contributed by atoms with Crippen LogP contribution < -0.4 is 5.32 Å². The SMILES string of the molecule is FC(F)COC1CCC(Nc2ncc3c(-c4ccc5nccn5n4)c[nH]c3n2)CC1. The van der Waals surface area contributed by atoms with Crippen molar-refractivity contribution in [3.63, 3.8) is 0 Å². The van der Waals surface area contributed by atoms with Crippen molar-refractivity contribution in [2.45, 2.75) is 44.3 Å². The van der Waals surface area contributed by atoms with Crippen molar-refractivity contribution < 1.29 is 13.5 Å². The van der Waals surface area contributed by atoms with Gasteiger partial charge in [-0.05, 0) is 37.8 Å². The van der Waals surface area contributed by atoms with Crippen molar-refractivity contribution in [3.8, 4) is 11.3 Å². The van der Waals surface area contributed by atoms with Gasteiger partial charge in [-0.25, -0.2) is 23.3 Å². The predicted molar refractivity (Wildman–Crippen MR) is 107 cm³/mol. The second kappa shape index (κ2) is 7.94. The van der Waals surface area contributed by atoms with Crippen molar-refractivity contribution in [3.05, 3.63) is 36.9 Å². The molecule has 8 nitrogen and oxygen atoms in total. The van der Waals surface area contributed by atoms with Gasteiger partial charge in [0, 0.05) is 41.8 Å². The van der Waals surface area contributed by atoms with Gasteiger partial charge >= 0.3 is 0 Å². The van der Waals surface area contributed by atoms with Crippen LogP contribution in [-0.2, 0) is 4.74 Å². The van der Waals surface area contributed by atoms with E-state index in [1.54, 1.807) is 23.1 Å². The summed E-state index contributed by atoms with van der Waals surface area (Å²) in [5.74, 6) is 0.547. The van der Waals surface area contributed by atoms with Gasteiger partial charge in [0.15, 0.2) is 5.65 Å². The highest BCUT2D eigenvalue weighted by Gasteiger charge is 2.23. The molecule has 0 saturated heterocycles. The number of anilines is 1. The van der Waals surface area contributed by atoms with Crippen LogP contribution in [0.4, 0.5) is 14.7 Å². The molecule has 1 aliphatic rings. The number of aromatic nitrogens is 6. The topological polar surface area (TPSA) is 93.0 Å². The molecule has 0 aliphatic heterocycles. The molecule has 0 amide bonds. The molecule has 1 aliphatic carbocycles. The molecule has 156 valence electrons. The Hall–Kier alpha value is -3.14. The van der Waals surface area contributed by atoms with E-state index in [1.807, 2.05) is 18.3 Å². The maximum Gasteiger partial charge on any atom is 0.261 e. The summed E-state index contributed by atoms with van der Waals surface area (Å²) < 4.78 is 31.5. The van der Waals surface area contributed by atoms with E-state index in [1.165, 1.54) is 0 Å². The van der Waals surface area contributed by atoms with E-state index in [9.17, 15) is 8.78 Å². The molecule has 0 atom stereocenters. The van der Waals surface area contributed by atoms with Gasteiger partial charge in [-0.15, -0.1) is 0 Å². The minimum absolute atomic E-state index is 0.0910. The first-order valence-electron chi connectivity index (χ1n) is 9.97. The molecule has 0 radical (unpaired) electrons. The van der Waals surface area contributed by atoms with Crippen molar-refractivity contribution >= 4 is 22.6 Å². The minimum atomic E-state index is -2.41. The van der Waals surface area contributed by atoms with Crippen LogP contribution >= 0.6 is 0 Å². The first-order chi connectivity index (χ1) is 14.7. The van der Waals surface area contributed by atoms with Gasteiger partial charge < -0.3 is 15.0 Å². The Morgan fingerprint density at radius 2 is 2.07 bits per heavy atom. The Balaban J connectivity index is 1.27. The summed E-state index contributed by atoms with van der Waals surface area (Å²) in [5.41, 5.74) is 3.24. The lowest BCUT2D eigenvalue weighted by Gasteiger charge is -2.29. The first kappa shape index (κ1) is 18.9. The molecule has 10 heteroatoms. The quantitative estimate of drug-likeness (QED) is 0.501. The Morgan fingerprint density at radius 1 is 1.20 bits per heavy atom. The Bertz CT molecular complexity index is 1150. The number of aromatic amines is 1. The Labute approximate surface area is 170 Å². The first-order valence-corrected chi connectivity index (χ1v) is 9.97. The van der Waals surface area contributed by atoms with Gasteiger partial charge in [0.05, 0.1) is 11.8 Å². The molecule has 4 aromatic heterocycles. The fourth-order valence-corrected chi connectivity index (χ4v) is 3.91. The van der Waals surface area contributed by atoms with Gasteiger partial charge in [0.1, 0.15) is 12.3 Å². The zero-order chi connectivity index (χ0) is 20.5. The van der Waals surface area contributed by atoms with E-state index >= 15 is 0 Å². The number of halogens is 2. The highest BCUT2D eigenvalue weighted by Crippen LogP contribution is 2.28. The molecule has 0 unspecified atom stereocenters. The zero-order valence-corrected chi connectivity index (χ0v) is 16.1. The predicted octanol–water partition coefficient (Wildman–Crippen LogP) is 3.67. The second-order valence-corrected chi connectivity index (χ2v) is 7.45. The molecule has 0 bridgehead atoms. The van der Waals surface area contributed by atoms with Crippen LogP contribution in [0.25, 0.3) is 27.9 Å². The number of ether oxygens (including phenoxy) is 1. The maximum absolute atomic E-state index is 12.3. The lowest BCUT2D eigenvalue weighted by atomic mass is 9.93. The Kier molecular flexibility index (Phi) is 4.99. The fraction of sp³-hybridized carbons (Fsp3) is 0.400. The van der Waals surface area contributed by atoms with Crippen LogP contribution in [0.15, 0.2) is 36.9 Å². The van der Waals surface area contributed by atoms with Crippen LogP contribution in [0.3, 0.4) is 0 Å². The van der Waals surface area contributed by atoms with Crippen LogP contribution in [0.5, 0.6) is 0 Å². The smallest absolute Gasteiger partial charge is 0.261 e. The number of nitrogens with zero attached hydrogens (tertiary/aromatic N) is 5. The number of nitrogens with one attached hydrogen (secondary N) is 2. The summed E-state index contributed by atoms with van der Waals surface area (Å²) in [7, 11) is 0. The summed E-state index contributed by atoms with van der Waals surface area (Å²) in [6, 6.07) is 4.04. The zero-order valence-electron chi connectivity index (χ0n) is 16.1. The molecule has 0 spiro atoms. The highest BCUT2D eigenvalue weighted by molar-refractivity contribution is 5.92. The van der Waals surface area contributed by atoms with Crippen LogP contribution in [-0.4, -0.2) is 54.7 Å². The van der Waals surface area contributed by atoms with E-state index in [2.05, 4.69) is 30.4 Å². The van der Waals surface area contributed by atoms with Gasteiger partial charge in [-0.2, -0.15) is 10.1 Å². The number of imidazole rings is 1. The number of fused-ring (bicyclic) bond motifs is 2. The molecule has 5 rings (SSSR count). The van der Waals surface area contributed by atoms with Crippen molar-refractivity contribution in [2.75, 3.05) is 11.9 Å². The van der Waals surface area contributed by atoms with Gasteiger partial charge in [-0.1, -0.05) is 0 Å². The van der Waals surface area contributed by atoms with E-state index in [-0.39, 0.29) is 12.1 Å². The molecule has 4 aromatic rings. The summed E-state index contributed by atoms with van der Waals surface area (Å²) in [5, 5.41) is 8.82. The average molecular weight is 413 g/mol. The fourth-order valence-electron chi connectivity index (χ4n) is 3.91. The lowest BCUT2D eigenvalue weighted by molar-refractivity contribution is -0.0374. The lowest BCUT2D eigenvalue weighted by Crippen LogP contribution is -2.31. The molecule has 0 aromatic carbocycles. The minimum Gasteiger partial charge on any atom is -0.372 e. The van der Waals surface area contributed by atoms with E-state index in [0.29, 0.717) is 5.95 Å². The third-order valence-corrected chi connectivity index (χ3v) is 5.43. The summed E-state index contributed by atoms with van der Waals surface area (Å²) in [6.07, 6.45) is 7.84. The van der Waals surface area contributed by atoms with Gasteiger partial charge in [0.25, 0.3) is 6.43 Å². The second-order valence-electron chi connectivity index (χ2n) is 7.45. The van der Waals surface area contributed by atoms with Gasteiger partial charge in [0.2, 0.25) is 5.95 Å². The van der Waals surface area contributed by atoms with Crippen LogP contribution in [0.1, 0.15) is 25.7 Å². The number of hydrogen-bond donors (Lipinski definition) is 2. The Morgan fingerprint density at radius 3 is 2.90 bits per heavy atom. The molecule has 30 heavy (non-hydrogen) atoms. The third-order valence-electron chi connectivity index (χ3n) is 5.43. The van der Waals surface area contributed by atoms with Crippen molar-refractivity contribution in [2.24, 2.45) is 0 Å². The summed E-state index contributed by atoms with van der Waals surface area (Å²) in [4.78, 5) is 16.5. The summed E-state index contributed by atoms with van der Waals surface area (Å²) in [6.45, 7) is -0.486. The molecule has 2 N–H and O–H groups in total. The maximum atomic E-state index is 12.3. The largest absolute Gasteiger partial charge is 0.372 e. The molecule has 4 heterocycles.